The summed E-state index contributed by atoms with van der Waals surface area (Å²) in [5.41, 5.74) is 1.31. The second-order valence-corrected chi connectivity index (χ2v) is 7.69. The van der Waals surface area contributed by atoms with Crippen LogP contribution in [0.1, 0.15) is 50.1 Å². The van der Waals surface area contributed by atoms with Crippen LogP contribution < -0.4 is 0 Å². The van der Waals surface area contributed by atoms with Crippen LogP contribution >= 0.6 is 11.3 Å². The molecule has 1 N–H and O–H groups in total. The van der Waals surface area contributed by atoms with E-state index < -0.39 is 5.97 Å². The van der Waals surface area contributed by atoms with E-state index in [1.54, 1.807) is 6.07 Å². The molecule has 4 nitrogen and oxygen atoms in total. The molecule has 0 radical (unpaired) electrons. The Labute approximate surface area is 144 Å². The van der Waals surface area contributed by atoms with E-state index in [9.17, 15) is 9.59 Å². The number of hydrogen-bond donors (Lipinski definition) is 1. The third-order valence-electron chi connectivity index (χ3n) is 5.36. The van der Waals surface area contributed by atoms with E-state index in [4.69, 9.17) is 5.11 Å². The molecule has 1 saturated carbocycles. The van der Waals surface area contributed by atoms with Gasteiger partial charge in [0.1, 0.15) is 4.88 Å². The van der Waals surface area contributed by atoms with Crippen molar-refractivity contribution in [3.8, 4) is 0 Å². The third-order valence-corrected chi connectivity index (χ3v) is 6.42. The van der Waals surface area contributed by atoms with Gasteiger partial charge in [-0.15, -0.1) is 11.3 Å². The maximum Gasteiger partial charge on any atom is 0.345 e. The number of thiophene rings is 1. The lowest BCUT2D eigenvalue weighted by Gasteiger charge is -2.23. The Hall–Kier alpha value is -2.14. The molecule has 1 aliphatic heterocycles. The largest absolute Gasteiger partial charge is 0.477 e. The summed E-state index contributed by atoms with van der Waals surface area (Å²) in [7, 11) is 0. The highest BCUT2D eigenvalue weighted by molar-refractivity contribution is 7.15. The first kappa shape index (κ1) is 15.4. The van der Waals surface area contributed by atoms with Crippen molar-refractivity contribution >= 4 is 23.2 Å². The van der Waals surface area contributed by atoms with Crippen molar-refractivity contribution in [2.75, 3.05) is 6.54 Å². The summed E-state index contributed by atoms with van der Waals surface area (Å²) < 4.78 is 0. The van der Waals surface area contributed by atoms with E-state index in [0.29, 0.717) is 16.7 Å². The summed E-state index contributed by atoms with van der Waals surface area (Å²) in [5, 5.41) is 9.07. The van der Waals surface area contributed by atoms with Gasteiger partial charge < -0.3 is 10.0 Å². The average molecular weight is 341 g/mol. The number of carbonyl (C=O) groups is 2. The summed E-state index contributed by atoms with van der Waals surface area (Å²) >= 11 is 1.08. The van der Waals surface area contributed by atoms with Gasteiger partial charge in [-0.1, -0.05) is 36.8 Å². The zero-order valence-electron chi connectivity index (χ0n) is 13.2. The van der Waals surface area contributed by atoms with E-state index >= 15 is 0 Å². The zero-order valence-corrected chi connectivity index (χ0v) is 14.0. The van der Waals surface area contributed by atoms with Gasteiger partial charge in [0, 0.05) is 18.5 Å². The molecule has 3 unspecified atom stereocenters. The molecule has 2 heterocycles. The fourth-order valence-electron chi connectivity index (χ4n) is 4.30. The molecule has 24 heavy (non-hydrogen) atoms. The van der Waals surface area contributed by atoms with E-state index in [2.05, 4.69) is 24.3 Å². The van der Waals surface area contributed by atoms with Gasteiger partial charge in [0.25, 0.3) is 5.91 Å². The first-order valence-electron chi connectivity index (χ1n) is 8.34. The Balaban J connectivity index is 1.61. The molecular weight excluding hydrogens is 322 g/mol. The van der Waals surface area contributed by atoms with Crippen LogP contribution in [0.3, 0.4) is 0 Å². The molecule has 1 aromatic heterocycles. The van der Waals surface area contributed by atoms with Gasteiger partial charge in [-0.05, 0) is 36.5 Å². The zero-order chi connectivity index (χ0) is 16.7. The molecule has 2 aliphatic rings. The van der Waals surface area contributed by atoms with Gasteiger partial charge in [0.15, 0.2) is 0 Å². The maximum absolute atomic E-state index is 12.9. The Bertz CT molecular complexity index is 770. The van der Waals surface area contributed by atoms with E-state index in [1.807, 2.05) is 11.0 Å². The number of fused-ring (bicyclic) bond motifs is 1. The van der Waals surface area contributed by atoms with Crippen LogP contribution in [0, 0.1) is 5.92 Å². The number of hydrogen-bond acceptors (Lipinski definition) is 3. The first-order chi connectivity index (χ1) is 11.6. The molecule has 1 aromatic carbocycles. The molecule has 3 atom stereocenters. The predicted octanol–water partition coefficient (Wildman–Crippen LogP) is 3.85. The second kappa shape index (κ2) is 6.06. The summed E-state index contributed by atoms with van der Waals surface area (Å²) in [6.45, 7) is 0.735. The van der Waals surface area contributed by atoms with Crippen LogP contribution in [0.4, 0.5) is 0 Å². The van der Waals surface area contributed by atoms with Gasteiger partial charge in [0.2, 0.25) is 0 Å². The van der Waals surface area contributed by atoms with Crippen LogP contribution in [0.15, 0.2) is 42.5 Å². The maximum atomic E-state index is 12.9. The number of rotatable bonds is 3. The van der Waals surface area contributed by atoms with E-state index in [0.717, 1.165) is 30.7 Å². The van der Waals surface area contributed by atoms with Gasteiger partial charge in [-0.25, -0.2) is 4.79 Å². The van der Waals surface area contributed by atoms with Crippen LogP contribution in [-0.4, -0.2) is 34.5 Å². The smallest absolute Gasteiger partial charge is 0.345 e. The minimum atomic E-state index is -0.971. The Morgan fingerprint density at radius 1 is 1.04 bits per heavy atom. The highest BCUT2D eigenvalue weighted by atomic mass is 32.1. The Kier molecular flexibility index (Phi) is 3.88. The van der Waals surface area contributed by atoms with Gasteiger partial charge in [-0.2, -0.15) is 0 Å². The standard InChI is InChI=1S/C19H19NO3S/c21-18(16-9-10-17(24-16)19(22)23)20-11-14(12-5-2-1-3-6-12)13-7-4-8-15(13)20/h1-3,5-6,9-10,13-15H,4,7-8,11H2,(H,22,23). The summed E-state index contributed by atoms with van der Waals surface area (Å²) in [5.74, 6) is -0.0685. The molecule has 0 bridgehead atoms. The molecular formula is C19H19NO3S. The van der Waals surface area contributed by atoms with Crippen LogP contribution in [0.2, 0.25) is 0 Å². The van der Waals surface area contributed by atoms with E-state index in [1.165, 1.54) is 18.1 Å². The molecule has 2 aromatic rings. The second-order valence-electron chi connectivity index (χ2n) is 6.61. The van der Waals surface area contributed by atoms with Crippen molar-refractivity contribution < 1.29 is 14.7 Å². The number of benzene rings is 1. The number of carboxylic acid groups (broad SMARTS) is 1. The lowest BCUT2D eigenvalue weighted by molar-refractivity contribution is 0.0700. The molecule has 1 saturated heterocycles. The molecule has 1 amide bonds. The van der Waals surface area contributed by atoms with E-state index in [-0.39, 0.29) is 16.8 Å². The highest BCUT2D eigenvalue weighted by Crippen LogP contribution is 2.46. The number of carboxylic acids is 1. The Morgan fingerprint density at radius 3 is 2.50 bits per heavy atom. The lowest BCUT2D eigenvalue weighted by atomic mass is 9.87. The predicted molar refractivity (Wildman–Crippen MR) is 92.6 cm³/mol. The summed E-state index contributed by atoms with van der Waals surface area (Å²) in [6.07, 6.45) is 3.38. The quantitative estimate of drug-likeness (QED) is 0.922. The van der Waals surface area contributed by atoms with Crippen LogP contribution in [0.5, 0.6) is 0 Å². The third kappa shape index (κ3) is 2.53. The molecule has 1 aliphatic carbocycles. The van der Waals surface area contributed by atoms with Crippen molar-refractivity contribution in [2.24, 2.45) is 5.92 Å². The number of amides is 1. The van der Waals surface area contributed by atoms with Crippen molar-refractivity contribution in [2.45, 2.75) is 31.2 Å². The number of carbonyl (C=O) groups excluding carboxylic acids is 1. The van der Waals surface area contributed by atoms with Gasteiger partial charge in [0.05, 0.1) is 4.88 Å². The highest BCUT2D eigenvalue weighted by Gasteiger charge is 2.46. The first-order valence-corrected chi connectivity index (χ1v) is 9.16. The van der Waals surface area contributed by atoms with Crippen LogP contribution in [0.25, 0.3) is 0 Å². The number of likely N-dealkylation sites (tertiary alicyclic amines) is 1. The monoisotopic (exact) mass is 341 g/mol. The molecule has 4 rings (SSSR count). The SMILES string of the molecule is O=C(O)c1ccc(C(=O)N2CC(c3ccccc3)C3CCCC32)s1. The molecule has 124 valence electrons. The van der Waals surface area contributed by atoms with Crippen molar-refractivity contribution in [1.82, 2.24) is 4.90 Å². The minimum absolute atomic E-state index is 0.0113. The molecule has 5 heteroatoms. The number of nitrogens with zero attached hydrogens (tertiary/aromatic N) is 1. The van der Waals surface area contributed by atoms with Crippen molar-refractivity contribution in [3.05, 3.63) is 57.8 Å². The van der Waals surface area contributed by atoms with Crippen LogP contribution in [-0.2, 0) is 0 Å². The van der Waals surface area contributed by atoms with Crippen molar-refractivity contribution in [1.29, 1.82) is 0 Å². The number of aromatic carboxylic acids is 1. The normalized spacial score (nSPS) is 25.7. The van der Waals surface area contributed by atoms with Gasteiger partial charge >= 0.3 is 5.97 Å². The lowest BCUT2D eigenvalue weighted by Crippen LogP contribution is -2.35. The van der Waals surface area contributed by atoms with Crippen molar-refractivity contribution in [3.63, 3.8) is 0 Å². The fourth-order valence-corrected chi connectivity index (χ4v) is 5.10. The minimum Gasteiger partial charge on any atom is -0.477 e. The summed E-state index contributed by atoms with van der Waals surface area (Å²) in [4.78, 5) is 26.8. The average Bonchev–Trinajstić information content (AvgIpc) is 3.31. The molecule has 2 fully saturated rings. The van der Waals surface area contributed by atoms with Gasteiger partial charge in [-0.3, -0.25) is 4.79 Å². The Morgan fingerprint density at radius 2 is 1.79 bits per heavy atom. The fraction of sp³-hybridized carbons (Fsp3) is 0.368. The summed E-state index contributed by atoms with van der Waals surface area (Å²) in [6, 6.07) is 13.9. The molecule has 0 spiro atoms. The topological polar surface area (TPSA) is 57.6 Å².